The Balaban J connectivity index is 2.83. The van der Waals surface area contributed by atoms with Gasteiger partial charge in [0.1, 0.15) is 18.1 Å². The maximum absolute atomic E-state index is 12.0. The number of hydrogen-bond donors (Lipinski definition) is 2. The Kier molecular flexibility index (Phi) is 2.63. The lowest BCUT2D eigenvalue weighted by molar-refractivity contribution is -0.152. The fourth-order valence-corrected chi connectivity index (χ4v) is 0.808. The predicted molar refractivity (Wildman–Crippen MR) is 37.6 cm³/mol. The van der Waals surface area contributed by atoms with Crippen LogP contribution in [0.1, 0.15) is 17.6 Å². The molecule has 0 radical (unpaired) electrons. The van der Waals surface area contributed by atoms with Crippen LogP contribution >= 0.6 is 0 Å². The molecule has 0 aliphatic carbocycles. The molecule has 0 spiro atoms. The third-order valence-corrected chi connectivity index (χ3v) is 1.50. The highest BCUT2D eigenvalue weighted by Crippen LogP contribution is 2.31. The number of rotatable bonds is 2. The molecular formula is C7H8F3NO2. The minimum absolute atomic E-state index is 0.0645. The van der Waals surface area contributed by atoms with Crippen molar-refractivity contribution in [3.05, 3.63) is 23.7 Å². The second-order valence-corrected chi connectivity index (χ2v) is 2.48. The van der Waals surface area contributed by atoms with Crippen molar-refractivity contribution >= 4 is 0 Å². The molecule has 74 valence electrons. The van der Waals surface area contributed by atoms with Gasteiger partial charge in [0.05, 0.1) is 0 Å². The van der Waals surface area contributed by atoms with Gasteiger partial charge in [-0.1, -0.05) is 0 Å². The first-order valence-corrected chi connectivity index (χ1v) is 3.47. The Morgan fingerprint density at radius 3 is 2.46 bits per heavy atom. The quantitative estimate of drug-likeness (QED) is 0.748. The van der Waals surface area contributed by atoms with E-state index in [1.165, 1.54) is 6.07 Å². The molecule has 3 N–H and O–H groups in total. The number of nitrogens with two attached hydrogens (primary N) is 1. The number of hydrogen-bond acceptors (Lipinski definition) is 3. The molecule has 0 fully saturated rings. The summed E-state index contributed by atoms with van der Waals surface area (Å²) in [4.78, 5) is 0. The van der Waals surface area contributed by atoms with Gasteiger partial charge in [0, 0.05) is 0 Å². The molecule has 1 aromatic rings. The first kappa shape index (κ1) is 10.1. The van der Waals surface area contributed by atoms with Crippen molar-refractivity contribution in [2.24, 2.45) is 5.73 Å². The van der Waals surface area contributed by atoms with E-state index in [0.29, 0.717) is 0 Å². The van der Waals surface area contributed by atoms with Crippen LogP contribution in [0.4, 0.5) is 13.2 Å². The van der Waals surface area contributed by atoms with E-state index in [9.17, 15) is 13.2 Å². The molecule has 0 saturated carbocycles. The summed E-state index contributed by atoms with van der Waals surface area (Å²) in [6, 6.07) is 0.220. The molecule has 0 saturated heterocycles. The van der Waals surface area contributed by atoms with Crippen molar-refractivity contribution in [2.45, 2.75) is 18.8 Å². The molecular weight excluding hydrogens is 187 g/mol. The summed E-state index contributed by atoms with van der Waals surface area (Å²) in [5.41, 5.74) is 4.84. The second-order valence-electron chi connectivity index (χ2n) is 2.48. The van der Waals surface area contributed by atoms with Gasteiger partial charge in [-0.25, -0.2) is 0 Å². The summed E-state index contributed by atoms with van der Waals surface area (Å²) in [5.74, 6) is -0.328. The number of aliphatic hydroxyl groups excluding tert-OH is 1. The van der Waals surface area contributed by atoms with Gasteiger partial charge >= 0.3 is 6.18 Å². The Morgan fingerprint density at radius 1 is 1.46 bits per heavy atom. The summed E-state index contributed by atoms with van der Waals surface area (Å²) >= 11 is 0. The number of aliphatic hydroxyl groups is 1. The van der Waals surface area contributed by atoms with E-state index in [-0.39, 0.29) is 5.76 Å². The number of alkyl halides is 3. The third-order valence-electron chi connectivity index (χ3n) is 1.50. The van der Waals surface area contributed by atoms with E-state index < -0.39 is 24.6 Å². The largest absolute Gasteiger partial charge is 0.462 e. The van der Waals surface area contributed by atoms with E-state index in [4.69, 9.17) is 10.8 Å². The van der Waals surface area contributed by atoms with Gasteiger partial charge < -0.3 is 15.3 Å². The fourth-order valence-electron chi connectivity index (χ4n) is 0.808. The maximum atomic E-state index is 12.0. The second kappa shape index (κ2) is 3.39. The lowest BCUT2D eigenvalue weighted by Gasteiger charge is -2.12. The van der Waals surface area contributed by atoms with Gasteiger partial charge in [-0.3, -0.25) is 0 Å². The van der Waals surface area contributed by atoms with Crippen molar-refractivity contribution in [2.75, 3.05) is 0 Å². The molecule has 1 atom stereocenters. The molecule has 3 nitrogen and oxygen atoms in total. The Hall–Kier alpha value is -1.01. The van der Waals surface area contributed by atoms with Crippen molar-refractivity contribution < 1.29 is 22.7 Å². The molecule has 0 aromatic carbocycles. The molecule has 0 bridgehead atoms. The average molecular weight is 195 g/mol. The van der Waals surface area contributed by atoms with Crippen molar-refractivity contribution in [3.8, 4) is 0 Å². The molecule has 0 aliphatic rings. The Bertz CT molecular complexity index is 282. The van der Waals surface area contributed by atoms with Crippen molar-refractivity contribution in [1.82, 2.24) is 0 Å². The highest BCUT2D eigenvalue weighted by molar-refractivity contribution is 5.11. The monoisotopic (exact) mass is 195 g/mol. The number of halogens is 3. The summed E-state index contributed by atoms with van der Waals surface area (Å²) in [6.45, 7) is -0.440. The highest BCUT2D eigenvalue weighted by Gasteiger charge is 2.39. The van der Waals surface area contributed by atoms with E-state index in [1.54, 1.807) is 0 Å². The van der Waals surface area contributed by atoms with Gasteiger partial charge in [-0.15, -0.1) is 0 Å². The molecule has 0 aliphatic heterocycles. The molecule has 1 aromatic heterocycles. The smallest absolute Gasteiger partial charge is 0.410 e. The van der Waals surface area contributed by atoms with E-state index in [1.807, 2.05) is 0 Å². The van der Waals surface area contributed by atoms with Crippen LogP contribution in [-0.4, -0.2) is 11.3 Å². The SMILES string of the molecule is N[C@@H](c1ccc(CO)o1)C(F)(F)F. The van der Waals surface area contributed by atoms with Crippen LogP contribution in [0.2, 0.25) is 0 Å². The zero-order chi connectivity index (χ0) is 10.1. The summed E-state index contributed by atoms with van der Waals surface area (Å²) in [7, 11) is 0. The van der Waals surface area contributed by atoms with Gasteiger partial charge in [0.2, 0.25) is 0 Å². The molecule has 13 heavy (non-hydrogen) atoms. The van der Waals surface area contributed by atoms with Crippen molar-refractivity contribution in [3.63, 3.8) is 0 Å². The normalized spacial score (nSPS) is 14.5. The van der Waals surface area contributed by atoms with Crippen LogP contribution < -0.4 is 5.73 Å². The summed E-state index contributed by atoms with van der Waals surface area (Å²) < 4.78 is 40.6. The molecule has 0 unspecified atom stereocenters. The van der Waals surface area contributed by atoms with Gasteiger partial charge in [0.25, 0.3) is 0 Å². The van der Waals surface area contributed by atoms with Crippen LogP contribution in [0, 0.1) is 0 Å². The number of furan rings is 1. The zero-order valence-electron chi connectivity index (χ0n) is 6.51. The first-order chi connectivity index (χ1) is 5.95. The first-order valence-electron chi connectivity index (χ1n) is 3.47. The van der Waals surface area contributed by atoms with Crippen LogP contribution in [0.3, 0.4) is 0 Å². The molecule has 1 heterocycles. The Morgan fingerprint density at radius 2 is 2.08 bits per heavy atom. The lowest BCUT2D eigenvalue weighted by atomic mass is 10.2. The topological polar surface area (TPSA) is 59.4 Å². The van der Waals surface area contributed by atoms with E-state index in [0.717, 1.165) is 6.07 Å². The van der Waals surface area contributed by atoms with Gasteiger partial charge in [-0.2, -0.15) is 13.2 Å². The standard InChI is InChI=1S/C7H8F3NO2/c8-7(9,10)6(11)5-2-1-4(3-12)13-5/h1-2,6,12H,3,11H2/t6-/m0/s1. The third kappa shape index (κ3) is 2.22. The minimum atomic E-state index is -4.52. The molecule has 0 amide bonds. The highest BCUT2D eigenvalue weighted by atomic mass is 19.4. The van der Waals surface area contributed by atoms with Crippen LogP contribution in [-0.2, 0) is 6.61 Å². The Labute approximate surface area is 72.0 Å². The lowest BCUT2D eigenvalue weighted by Crippen LogP contribution is -2.27. The van der Waals surface area contributed by atoms with Gasteiger partial charge in [-0.05, 0) is 12.1 Å². The van der Waals surface area contributed by atoms with Crippen LogP contribution in [0.15, 0.2) is 16.5 Å². The zero-order valence-corrected chi connectivity index (χ0v) is 6.51. The van der Waals surface area contributed by atoms with Gasteiger partial charge in [0.15, 0.2) is 6.04 Å². The van der Waals surface area contributed by atoms with Crippen LogP contribution in [0.25, 0.3) is 0 Å². The maximum Gasteiger partial charge on any atom is 0.410 e. The summed E-state index contributed by atoms with van der Waals surface area (Å²) in [6.07, 6.45) is -4.52. The summed E-state index contributed by atoms with van der Waals surface area (Å²) in [5, 5.41) is 8.52. The van der Waals surface area contributed by atoms with Crippen LogP contribution in [0.5, 0.6) is 0 Å². The molecule has 1 rings (SSSR count). The predicted octanol–water partition coefficient (Wildman–Crippen LogP) is 1.33. The fraction of sp³-hybridized carbons (Fsp3) is 0.429. The van der Waals surface area contributed by atoms with E-state index >= 15 is 0 Å². The van der Waals surface area contributed by atoms with Crippen molar-refractivity contribution in [1.29, 1.82) is 0 Å². The van der Waals surface area contributed by atoms with E-state index in [2.05, 4.69) is 4.42 Å². The minimum Gasteiger partial charge on any atom is -0.462 e. The molecule has 6 heteroatoms. The average Bonchev–Trinajstić information content (AvgIpc) is 2.48.